The lowest BCUT2D eigenvalue weighted by Crippen LogP contribution is -2.34. The Kier molecular flexibility index (Phi) is 6.88. The summed E-state index contributed by atoms with van der Waals surface area (Å²) in [6.45, 7) is 8.18. The van der Waals surface area contributed by atoms with Crippen LogP contribution in [-0.2, 0) is 24.7 Å². The molecule has 1 aromatic carbocycles. The highest BCUT2D eigenvalue weighted by Crippen LogP contribution is 2.62. The van der Waals surface area contributed by atoms with Gasteiger partial charge in [-0.1, -0.05) is 12.1 Å². The quantitative estimate of drug-likeness (QED) is 0.552. The number of benzene rings is 1. The van der Waals surface area contributed by atoms with Gasteiger partial charge in [-0.05, 0) is 45.4 Å². The van der Waals surface area contributed by atoms with Crippen molar-refractivity contribution in [3.8, 4) is 5.75 Å². The van der Waals surface area contributed by atoms with E-state index in [4.69, 9.17) is 14.0 Å². The Morgan fingerprint density at radius 3 is 2.00 bits per heavy atom. The maximum Gasteiger partial charge on any atom is 0.264 e. The van der Waals surface area contributed by atoms with Crippen LogP contribution in [0.15, 0.2) is 24.3 Å². The van der Waals surface area contributed by atoms with Crippen LogP contribution in [-0.4, -0.2) is 30.5 Å². The van der Waals surface area contributed by atoms with E-state index >= 15 is 0 Å². The standard InChI is InChI=1S/C15H25O5P/c1-5-18-15(4,19-6-2)21(17,20-7-3)12-13-8-10-14(16)11-9-13/h8-11,16H,5-7,12H2,1-4H3. The number of ether oxygens (including phenoxy) is 2. The molecule has 6 heteroatoms. The van der Waals surface area contributed by atoms with E-state index < -0.39 is 12.9 Å². The third-order valence-electron chi connectivity index (χ3n) is 3.11. The summed E-state index contributed by atoms with van der Waals surface area (Å²) in [5.74, 6) is 0.169. The van der Waals surface area contributed by atoms with Gasteiger partial charge in [0.25, 0.3) is 7.37 Å². The Morgan fingerprint density at radius 2 is 1.57 bits per heavy atom. The number of hydrogen-bond acceptors (Lipinski definition) is 5. The molecule has 1 N–H and O–H groups in total. The molecule has 1 rings (SSSR count). The summed E-state index contributed by atoms with van der Waals surface area (Å²) in [5.41, 5.74) is -0.472. The molecular weight excluding hydrogens is 291 g/mol. The van der Waals surface area contributed by atoms with E-state index in [1.54, 1.807) is 38.1 Å². The highest BCUT2D eigenvalue weighted by Gasteiger charge is 2.47. The van der Waals surface area contributed by atoms with Crippen molar-refractivity contribution < 1.29 is 23.7 Å². The highest BCUT2D eigenvalue weighted by molar-refractivity contribution is 7.59. The highest BCUT2D eigenvalue weighted by atomic mass is 31.2. The van der Waals surface area contributed by atoms with Gasteiger partial charge in [0.1, 0.15) is 5.75 Å². The first-order valence-electron chi connectivity index (χ1n) is 7.20. The molecule has 0 aromatic heterocycles. The van der Waals surface area contributed by atoms with E-state index in [1.807, 2.05) is 13.8 Å². The van der Waals surface area contributed by atoms with Gasteiger partial charge < -0.3 is 19.1 Å². The molecule has 21 heavy (non-hydrogen) atoms. The number of phenols is 1. The Bertz CT molecular complexity index is 465. The smallest absolute Gasteiger partial charge is 0.264 e. The molecule has 1 atom stereocenters. The van der Waals surface area contributed by atoms with E-state index in [2.05, 4.69) is 0 Å². The zero-order valence-electron chi connectivity index (χ0n) is 13.2. The molecule has 5 nitrogen and oxygen atoms in total. The number of hydrogen-bond donors (Lipinski definition) is 1. The number of rotatable bonds is 9. The molecular formula is C15H25O5P. The van der Waals surface area contributed by atoms with Crippen molar-refractivity contribution in [2.75, 3.05) is 19.8 Å². The summed E-state index contributed by atoms with van der Waals surface area (Å²) >= 11 is 0. The number of aromatic hydroxyl groups is 1. The minimum absolute atomic E-state index is 0.169. The van der Waals surface area contributed by atoms with Crippen molar-refractivity contribution in [2.45, 2.75) is 39.4 Å². The van der Waals surface area contributed by atoms with Crippen molar-refractivity contribution in [3.63, 3.8) is 0 Å². The van der Waals surface area contributed by atoms with E-state index in [0.717, 1.165) is 5.56 Å². The average Bonchev–Trinajstić information content (AvgIpc) is 2.42. The summed E-state index contributed by atoms with van der Waals surface area (Å²) in [4.78, 5) is 0. The molecule has 0 fully saturated rings. The molecule has 120 valence electrons. The Balaban J connectivity index is 3.09. The Labute approximate surface area is 126 Å². The normalized spacial score (nSPS) is 14.9. The Hall–Kier alpha value is -0.870. The van der Waals surface area contributed by atoms with Gasteiger partial charge in [-0.25, -0.2) is 0 Å². The molecule has 1 aromatic rings. The lowest BCUT2D eigenvalue weighted by atomic mass is 10.2. The molecule has 0 saturated heterocycles. The third-order valence-corrected chi connectivity index (χ3v) is 6.06. The van der Waals surface area contributed by atoms with Crippen LogP contribution in [0.4, 0.5) is 0 Å². The minimum atomic E-state index is -3.24. The van der Waals surface area contributed by atoms with Gasteiger partial charge in [0.15, 0.2) is 0 Å². The van der Waals surface area contributed by atoms with Gasteiger partial charge in [0.05, 0.1) is 12.8 Å². The van der Waals surface area contributed by atoms with E-state index in [-0.39, 0.29) is 11.9 Å². The fourth-order valence-electron chi connectivity index (χ4n) is 2.13. The summed E-state index contributed by atoms with van der Waals surface area (Å²) < 4.78 is 30.2. The predicted molar refractivity (Wildman–Crippen MR) is 82.7 cm³/mol. The zero-order chi connectivity index (χ0) is 15.9. The van der Waals surface area contributed by atoms with Gasteiger partial charge >= 0.3 is 0 Å². The van der Waals surface area contributed by atoms with Crippen LogP contribution in [0.5, 0.6) is 5.75 Å². The summed E-state index contributed by atoms with van der Waals surface area (Å²) in [5, 5.41) is 9.34. The van der Waals surface area contributed by atoms with Gasteiger partial charge in [0.2, 0.25) is 5.53 Å². The van der Waals surface area contributed by atoms with Crippen molar-refractivity contribution in [1.29, 1.82) is 0 Å². The monoisotopic (exact) mass is 316 g/mol. The summed E-state index contributed by atoms with van der Waals surface area (Å²) in [6, 6.07) is 6.56. The molecule has 0 aliphatic heterocycles. The molecule has 0 saturated carbocycles. The minimum Gasteiger partial charge on any atom is -0.508 e. The van der Waals surface area contributed by atoms with Gasteiger partial charge in [-0.2, -0.15) is 0 Å². The first-order chi connectivity index (χ1) is 9.90. The molecule has 0 aliphatic rings. The van der Waals surface area contributed by atoms with Crippen LogP contribution in [0.25, 0.3) is 0 Å². The molecule has 0 amide bonds. The number of phenolic OH excluding ortho intramolecular Hbond substituents is 1. The van der Waals surface area contributed by atoms with Crippen molar-refractivity contribution >= 4 is 7.37 Å². The van der Waals surface area contributed by atoms with Crippen molar-refractivity contribution in [3.05, 3.63) is 29.8 Å². The van der Waals surface area contributed by atoms with Crippen LogP contribution < -0.4 is 0 Å². The van der Waals surface area contributed by atoms with Gasteiger partial charge in [-0.3, -0.25) is 4.57 Å². The van der Waals surface area contributed by atoms with Gasteiger partial charge in [-0.15, -0.1) is 0 Å². The topological polar surface area (TPSA) is 65.0 Å². The Morgan fingerprint density at radius 1 is 1.05 bits per heavy atom. The molecule has 0 radical (unpaired) electrons. The fourth-order valence-corrected chi connectivity index (χ4v) is 4.50. The van der Waals surface area contributed by atoms with E-state index in [9.17, 15) is 9.67 Å². The maximum absolute atomic E-state index is 13.3. The van der Waals surface area contributed by atoms with Gasteiger partial charge in [0, 0.05) is 13.2 Å². The third kappa shape index (κ3) is 4.55. The second-order valence-electron chi connectivity index (χ2n) is 4.68. The van der Waals surface area contributed by atoms with Crippen LogP contribution in [0.3, 0.4) is 0 Å². The van der Waals surface area contributed by atoms with Crippen molar-refractivity contribution in [1.82, 2.24) is 0 Å². The average molecular weight is 316 g/mol. The van der Waals surface area contributed by atoms with Crippen molar-refractivity contribution in [2.24, 2.45) is 0 Å². The maximum atomic E-state index is 13.3. The first-order valence-corrected chi connectivity index (χ1v) is 9.01. The zero-order valence-corrected chi connectivity index (χ0v) is 14.1. The van der Waals surface area contributed by atoms with Crippen LogP contribution in [0.1, 0.15) is 33.3 Å². The first kappa shape index (κ1) is 18.2. The largest absolute Gasteiger partial charge is 0.508 e. The molecule has 1 unspecified atom stereocenters. The van der Waals surface area contributed by atoms with E-state index in [1.165, 1.54) is 0 Å². The molecule has 0 aliphatic carbocycles. The van der Waals surface area contributed by atoms with Crippen LogP contribution >= 0.6 is 7.37 Å². The summed E-state index contributed by atoms with van der Waals surface area (Å²) in [6.07, 6.45) is 0.192. The molecule has 0 bridgehead atoms. The van der Waals surface area contributed by atoms with Crippen LogP contribution in [0.2, 0.25) is 0 Å². The second-order valence-corrected chi connectivity index (χ2v) is 7.41. The SMILES string of the molecule is CCOC(C)(OCC)P(=O)(Cc1ccc(O)cc1)OCC. The van der Waals surface area contributed by atoms with E-state index in [0.29, 0.717) is 19.8 Å². The lowest BCUT2D eigenvalue weighted by molar-refractivity contribution is -0.168. The molecule has 0 spiro atoms. The lowest BCUT2D eigenvalue weighted by Gasteiger charge is -2.36. The summed E-state index contributed by atoms with van der Waals surface area (Å²) in [7, 11) is -3.24. The predicted octanol–water partition coefficient (Wildman–Crippen LogP) is 3.95. The molecule has 0 heterocycles. The fraction of sp³-hybridized carbons (Fsp3) is 0.600. The second kappa shape index (κ2) is 7.95. The van der Waals surface area contributed by atoms with Crippen LogP contribution in [0, 0.1) is 0 Å².